The molecular weight excluding hydrogens is 318 g/mol. The summed E-state index contributed by atoms with van der Waals surface area (Å²) in [5, 5.41) is 6.39. The number of piperidine rings is 1. The zero-order chi connectivity index (χ0) is 17.5. The van der Waals surface area contributed by atoms with Crippen LogP contribution in [0.1, 0.15) is 24.0 Å². The van der Waals surface area contributed by atoms with Gasteiger partial charge >= 0.3 is 0 Å². The molecule has 0 amide bonds. The van der Waals surface area contributed by atoms with Gasteiger partial charge in [-0.1, -0.05) is 42.0 Å². The fourth-order valence-corrected chi connectivity index (χ4v) is 4.86. The third-order valence-electron chi connectivity index (χ3n) is 6.20. The second-order valence-electron chi connectivity index (χ2n) is 7.89. The molecule has 3 aromatic rings. The predicted octanol–water partition coefficient (Wildman–Crippen LogP) is 4.62. The Kier molecular flexibility index (Phi) is 3.90. The molecule has 1 N–H and O–H groups in total. The van der Waals surface area contributed by atoms with Crippen molar-refractivity contribution in [2.75, 3.05) is 11.9 Å². The van der Waals surface area contributed by atoms with E-state index in [0.29, 0.717) is 12.1 Å². The maximum Gasteiger partial charge on any atom is 0.0457 e. The summed E-state index contributed by atoms with van der Waals surface area (Å²) < 4.78 is 0. The van der Waals surface area contributed by atoms with E-state index in [4.69, 9.17) is 0 Å². The number of anilines is 1. The van der Waals surface area contributed by atoms with Crippen LogP contribution in [0, 0.1) is 12.8 Å². The van der Waals surface area contributed by atoms with E-state index in [1.165, 1.54) is 47.0 Å². The van der Waals surface area contributed by atoms with E-state index >= 15 is 0 Å². The van der Waals surface area contributed by atoms with Crippen LogP contribution in [0.15, 0.2) is 60.9 Å². The third-order valence-corrected chi connectivity index (χ3v) is 6.20. The Labute approximate surface area is 155 Å². The summed E-state index contributed by atoms with van der Waals surface area (Å²) in [7, 11) is 0. The summed E-state index contributed by atoms with van der Waals surface area (Å²) >= 11 is 0. The van der Waals surface area contributed by atoms with Crippen molar-refractivity contribution in [1.29, 1.82) is 0 Å². The largest absolute Gasteiger partial charge is 0.380 e. The van der Waals surface area contributed by atoms with Gasteiger partial charge in [-0.2, -0.15) is 0 Å². The van der Waals surface area contributed by atoms with E-state index < -0.39 is 0 Å². The number of rotatable bonds is 4. The van der Waals surface area contributed by atoms with Crippen LogP contribution in [-0.4, -0.2) is 28.5 Å². The molecule has 2 fully saturated rings. The van der Waals surface area contributed by atoms with Gasteiger partial charge in [0.15, 0.2) is 0 Å². The number of hydrogen-bond donors (Lipinski definition) is 1. The standard InChI is InChI=1S/C23H25N3/c1-16-5-7-17(8-6-16)14-26-15-19-9-10-22(26)23(19)25-21-4-2-3-18-13-24-12-11-20(18)21/h2-8,11-13,19,22-23,25H,9-10,14-15H2,1H3/t19-,22-,23-/m1/s1. The van der Waals surface area contributed by atoms with Gasteiger partial charge in [0.25, 0.3) is 0 Å². The lowest BCUT2D eigenvalue weighted by Crippen LogP contribution is -2.36. The molecule has 5 rings (SSSR count). The molecule has 3 heteroatoms. The number of likely N-dealkylation sites (tertiary alicyclic amines) is 1. The lowest BCUT2D eigenvalue weighted by molar-refractivity contribution is 0.204. The van der Waals surface area contributed by atoms with Crippen LogP contribution in [0.3, 0.4) is 0 Å². The highest BCUT2D eigenvalue weighted by Crippen LogP contribution is 2.41. The number of aromatic nitrogens is 1. The summed E-state index contributed by atoms with van der Waals surface area (Å²) in [5.74, 6) is 0.752. The van der Waals surface area contributed by atoms with Gasteiger partial charge < -0.3 is 5.32 Å². The van der Waals surface area contributed by atoms with E-state index in [9.17, 15) is 0 Å². The third kappa shape index (κ3) is 2.77. The fraction of sp³-hybridized carbons (Fsp3) is 0.348. The average molecular weight is 343 g/mol. The number of benzene rings is 2. The minimum atomic E-state index is 0.555. The molecule has 132 valence electrons. The monoisotopic (exact) mass is 343 g/mol. The molecular formula is C23H25N3. The number of hydrogen-bond acceptors (Lipinski definition) is 3. The molecule has 0 unspecified atom stereocenters. The van der Waals surface area contributed by atoms with Crippen molar-refractivity contribution in [3.63, 3.8) is 0 Å². The number of nitrogens with zero attached hydrogens (tertiary/aromatic N) is 2. The quantitative estimate of drug-likeness (QED) is 0.749. The molecule has 1 aromatic heterocycles. The second-order valence-corrected chi connectivity index (χ2v) is 7.89. The summed E-state index contributed by atoms with van der Waals surface area (Å²) in [5.41, 5.74) is 4.02. The number of pyridine rings is 1. The molecule has 1 saturated heterocycles. The summed E-state index contributed by atoms with van der Waals surface area (Å²) in [6, 6.07) is 18.8. The fourth-order valence-electron chi connectivity index (χ4n) is 4.86. The lowest BCUT2D eigenvalue weighted by atomic mass is 10.0. The summed E-state index contributed by atoms with van der Waals surface area (Å²) in [4.78, 5) is 6.94. The van der Waals surface area contributed by atoms with E-state index in [-0.39, 0.29) is 0 Å². The first-order valence-electron chi connectivity index (χ1n) is 9.67. The Morgan fingerprint density at radius 3 is 2.85 bits per heavy atom. The van der Waals surface area contributed by atoms with Gasteiger partial charge in [0.1, 0.15) is 0 Å². The molecule has 3 nitrogen and oxygen atoms in total. The zero-order valence-corrected chi connectivity index (χ0v) is 15.2. The van der Waals surface area contributed by atoms with Gasteiger partial charge in [0, 0.05) is 54.0 Å². The first-order valence-corrected chi connectivity index (χ1v) is 9.67. The molecule has 3 atom stereocenters. The first-order chi connectivity index (χ1) is 12.8. The summed E-state index contributed by atoms with van der Waals surface area (Å²) in [6.07, 6.45) is 6.49. The minimum Gasteiger partial charge on any atom is -0.380 e. The van der Waals surface area contributed by atoms with Gasteiger partial charge in [-0.15, -0.1) is 0 Å². The normalized spacial score (nSPS) is 25.0. The van der Waals surface area contributed by atoms with E-state index in [1.807, 2.05) is 12.4 Å². The smallest absolute Gasteiger partial charge is 0.0457 e. The Bertz CT molecular complexity index is 913. The van der Waals surface area contributed by atoms with Crippen molar-refractivity contribution in [2.24, 2.45) is 5.92 Å². The van der Waals surface area contributed by atoms with Crippen molar-refractivity contribution in [1.82, 2.24) is 9.88 Å². The Hall–Kier alpha value is -2.39. The topological polar surface area (TPSA) is 28.2 Å². The van der Waals surface area contributed by atoms with Gasteiger partial charge in [-0.3, -0.25) is 9.88 Å². The molecule has 2 bridgehead atoms. The first kappa shape index (κ1) is 15.8. The van der Waals surface area contributed by atoms with Crippen molar-refractivity contribution in [2.45, 2.75) is 38.4 Å². The minimum absolute atomic E-state index is 0.555. The summed E-state index contributed by atoms with van der Waals surface area (Å²) in [6.45, 7) is 4.43. The van der Waals surface area contributed by atoms with Crippen LogP contribution in [0.5, 0.6) is 0 Å². The maximum absolute atomic E-state index is 4.26. The van der Waals surface area contributed by atoms with E-state index in [1.54, 1.807) is 0 Å². The van der Waals surface area contributed by atoms with Gasteiger partial charge in [-0.05, 0) is 43.4 Å². The number of aryl methyl sites for hydroxylation is 1. The van der Waals surface area contributed by atoms with Gasteiger partial charge in [-0.25, -0.2) is 0 Å². The zero-order valence-electron chi connectivity index (χ0n) is 15.2. The molecule has 2 aliphatic rings. The predicted molar refractivity (Wildman–Crippen MR) is 107 cm³/mol. The molecule has 2 aromatic carbocycles. The van der Waals surface area contributed by atoms with Crippen molar-refractivity contribution < 1.29 is 0 Å². The SMILES string of the molecule is Cc1ccc(CN2C[C@H]3CC[C@@H]2[C@@H]3Nc2cccc3cnccc23)cc1. The molecule has 0 radical (unpaired) electrons. The van der Waals surface area contributed by atoms with Crippen LogP contribution < -0.4 is 5.32 Å². The van der Waals surface area contributed by atoms with Gasteiger partial charge in [0.2, 0.25) is 0 Å². The number of nitrogens with one attached hydrogen (secondary N) is 1. The Balaban J connectivity index is 1.36. The van der Waals surface area contributed by atoms with Crippen LogP contribution >= 0.6 is 0 Å². The van der Waals surface area contributed by atoms with E-state index in [0.717, 1.165) is 12.5 Å². The van der Waals surface area contributed by atoms with Crippen LogP contribution in [-0.2, 0) is 6.54 Å². The highest BCUT2D eigenvalue weighted by molar-refractivity contribution is 5.93. The Morgan fingerprint density at radius 2 is 1.96 bits per heavy atom. The number of fused-ring (bicyclic) bond motifs is 3. The van der Waals surface area contributed by atoms with E-state index in [2.05, 4.69) is 70.7 Å². The average Bonchev–Trinajstić information content (AvgIpc) is 3.20. The molecule has 2 heterocycles. The molecule has 1 aliphatic carbocycles. The van der Waals surface area contributed by atoms with Crippen LogP contribution in [0.25, 0.3) is 10.8 Å². The lowest BCUT2D eigenvalue weighted by Gasteiger charge is -2.28. The molecule has 1 aliphatic heterocycles. The highest BCUT2D eigenvalue weighted by atomic mass is 15.2. The molecule has 0 spiro atoms. The molecule has 26 heavy (non-hydrogen) atoms. The van der Waals surface area contributed by atoms with Crippen molar-refractivity contribution in [3.8, 4) is 0 Å². The van der Waals surface area contributed by atoms with Crippen molar-refractivity contribution >= 4 is 16.5 Å². The highest BCUT2D eigenvalue weighted by Gasteiger charge is 2.46. The maximum atomic E-state index is 4.26. The van der Waals surface area contributed by atoms with Gasteiger partial charge in [0.05, 0.1) is 0 Å². The van der Waals surface area contributed by atoms with Crippen LogP contribution in [0.2, 0.25) is 0 Å². The Morgan fingerprint density at radius 1 is 1.08 bits per heavy atom. The van der Waals surface area contributed by atoms with Crippen LogP contribution in [0.4, 0.5) is 5.69 Å². The molecule has 1 saturated carbocycles. The van der Waals surface area contributed by atoms with Crippen molar-refractivity contribution in [3.05, 3.63) is 72.1 Å². The second kappa shape index (κ2) is 6.40.